The largest absolute Gasteiger partial charge is 0.355 e. The van der Waals surface area contributed by atoms with E-state index in [1.54, 1.807) is 0 Å². The van der Waals surface area contributed by atoms with Crippen molar-refractivity contribution in [3.05, 3.63) is 46.7 Å². The highest BCUT2D eigenvalue weighted by atomic mass is 35.5. The number of hydrogen-bond donors (Lipinski definition) is 2. The predicted octanol–water partition coefficient (Wildman–Crippen LogP) is 2.61. The van der Waals surface area contributed by atoms with Crippen LogP contribution in [-0.2, 0) is 13.0 Å². The van der Waals surface area contributed by atoms with Gasteiger partial charge in [0, 0.05) is 31.1 Å². The Morgan fingerprint density at radius 1 is 1.30 bits per heavy atom. The highest BCUT2D eigenvalue weighted by Gasteiger charge is 2.08. The van der Waals surface area contributed by atoms with E-state index >= 15 is 0 Å². The van der Waals surface area contributed by atoms with Crippen LogP contribution in [0.15, 0.2) is 30.3 Å². The summed E-state index contributed by atoms with van der Waals surface area (Å²) in [5.74, 6) is 7.64. The molecular formula is C14H18ClN5. The third kappa shape index (κ3) is 3.59. The Balaban J connectivity index is 2.22. The summed E-state index contributed by atoms with van der Waals surface area (Å²) in [6.45, 7) is 2.72. The van der Waals surface area contributed by atoms with E-state index in [9.17, 15) is 0 Å². The Labute approximate surface area is 123 Å². The van der Waals surface area contributed by atoms with Crippen molar-refractivity contribution in [2.45, 2.75) is 19.9 Å². The molecule has 5 nitrogen and oxygen atoms in total. The second kappa shape index (κ2) is 6.54. The highest BCUT2D eigenvalue weighted by molar-refractivity contribution is 6.30. The van der Waals surface area contributed by atoms with Gasteiger partial charge in [-0.25, -0.2) is 15.8 Å². The van der Waals surface area contributed by atoms with Crippen LogP contribution in [0, 0.1) is 0 Å². The first-order chi connectivity index (χ1) is 9.62. The lowest BCUT2D eigenvalue weighted by molar-refractivity contribution is 0.859. The zero-order chi connectivity index (χ0) is 14.5. The SMILES string of the molecule is CCc1nc(NN)cc(N(C)Cc2cccc(Cl)c2)n1. The maximum atomic E-state index is 6.00. The van der Waals surface area contributed by atoms with Gasteiger partial charge in [0.25, 0.3) is 0 Å². The molecule has 0 saturated heterocycles. The Kier molecular flexibility index (Phi) is 4.76. The molecule has 20 heavy (non-hydrogen) atoms. The summed E-state index contributed by atoms with van der Waals surface area (Å²) in [7, 11) is 1.98. The van der Waals surface area contributed by atoms with Gasteiger partial charge in [0.05, 0.1) is 0 Å². The van der Waals surface area contributed by atoms with Gasteiger partial charge < -0.3 is 10.3 Å². The van der Waals surface area contributed by atoms with Crippen LogP contribution in [0.4, 0.5) is 11.6 Å². The molecule has 0 amide bonds. The number of benzene rings is 1. The van der Waals surface area contributed by atoms with Gasteiger partial charge in [0.15, 0.2) is 0 Å². The van der Waals surface area contributed by atoms with Gasteiger partial charge in [-0.05, 0) is 17.7 Å². The van der Waals surface area contributed by atoms with Gasteiger partial charge in [0.1, 0.15) is 17.5 Å². The molecule has 0 fully saturated rings. The standard InChI is InChI=1S/C14H18ClN5/c1-3-12-17-13(19-16)8-14(18-12)20(2)9-10-5-4-6-11(15)7-10/h4-8H,3,9,16H2,1-2H3,(H,17,18,19). The third-order valence-corrected chi connectivity index (χ3v) is 3.16. The van der Waals surface area contributed by atoms with Crippen LogP contribution >= 0.6 is 11.6 Å². The summed E-state index contributed by atoms with van der Waals surface area (Å²) in [5, 5.41) is 0.733. The molecule has 0 aliphatic rings. The van der Waals surface area contributed by atoms with Crippen LogP contribution in [0.3, 0.4) is 0 Å². The average molecular weight is 292 g/mol. The molecule has 2 rings (SSSR count). The minimum atomic E-state index is 0.616. The van der Waals surface area contributed by atoms with Crippen LogP contribution in [0.1, 0.15) is 18.3 Å². The van der Waals surface area contributed by atoms with Crippen LogP contribution in [-0.4, -0.2) is 17.0 Å². The number of aryl methyl sites for hydroxylation is 1. The Bertz CT molecular complexity index is 565. The first kappa shape index (κ1) is 14.6. The number of nitrogens with one attached hydrogen (secondary N) is 1. The normalized spacial score (nSPS) is 10.4. The van der Waals surface area contributed by atoms with Crippen LogP contribution in [0.2, 0.25) is 5.02 Å². The summed E-state index contributed by atoms with van der Waals surface area (Å²) >= 11 is 6.00. The molecule has 0 atom stereocenters. The molecule has 1 heterocycles. The summed E-state index contributed by atoms with van der Waals surface area (Å²) < 4.78 is 0. The lowest BCUT2D eigenvalue weighted by Crippen LogP contribution is -2.20. The fraction of sp³-hybridized carbons (Fsp3) is 0.286. The van der Waals surface area contributed by atoms with Gasteiger partial charge in [-0.1, -0.05) is 30.7 Å². The smallest absolute Gasteiger partial charge is 0.145 e. The summed E-state index contributed by atoms with van der Waals surface area (Å²) in [4.78, 5) is 10.8. The Hall–Kier alpha value is -1.85. The van der Waals surface area contributed by atoms with Crippen molar-refractivity contribution in [2.75, 3.05) is 17.4 Å². The van der Waals surface area contributed by atoms with Crippen molar-refractivity contribution in [3.63, 3.8) is 0 Å². The molecule has 3 N–H and O–H groups in total. The van der Waals surface area contributed by atoms with E-state index in [0.717, 1.165) is 28.6 Å². The van der Waals surface area contributed by atoms with Gasteiger partial charge in [-0.2, -0.15) is 0 Å². The summed E-state index contributed by atoms with van der Waals surface area (Å²) in [5.41, 5.74) is 3.70. The van der Waals surface area contributed by atoms with E-state index in [1.807, 2.05) is 49.2 Å². The van der Waals surface area contributed by atoms with Crippen LogP contribution < -0.4 is 16.2 Å². The minimum Gasteiger partial charge on any atom is -0.355 e. The molecule has 2 aromatic rings. The molecule has 0 spiro atoms. The van der Waals surface area contributed by atoms with E-state index < -0.39 is 0 Å². The van der Waals surface area contributed by atoms with Gasteiger partial charge in [0.2, 0.25) is 0 Å². The van der Waals surface area contributed by atoms with Crippen molar-refractivity contribution < 1.29 is 0 Å². The number of rotatable bonds is 5. The number of aromatic nitrogens is 2. The second-order valence-corrected chi connectivity index (χ2v) is 4.95. The monoisotopic (exact) mass is 291 g/mol. The van der Waals surface area contributed by atoms with E-state index in [0.29, 0.717) is 12.4 Å². The second-order valence-electron chi connectivity index (χ2n) is 4.51. The molecular weight excluding hydrogens is 274 g/mol. The Morgan fingerprint density at radius 3 is 2.75 bits per heavy atom. The van der Waals surface area contributed by atoms with Gasteiger partial charge in [-0.15, -0.1) is 0 Å². The zero-order valence-electron chi connectivity index (χ0n) is 11.6. The Morgan fingerprint density at radius 2 is 2.10 bits per heavy atom. The number of halogens is 1. The molecule has 1 aromatic carbocycles. The molecule has 0 saturated carbocycles. The first-order valence-electron chi connectivity index (χ1n) is 6.42. The maximum Gasteiger partial charge on any atom is 0.145 e. The number of nitrogens with two attached hydrogens (primary N) is 1. The predicted molar refractivity (Wildman–Crippen MR) is 82.8 cm³/mol. The number of nitrogens with zero attached hydrogens (tertiary/aromatic N) is 3. The number of anilines is 2. The minimum absolute atomic E-state index is 0.616. The third-order valence-electron chi connectivity index (χ3n) is 2.92. The van der Waals surface area contributed by atoms with Crippen molar-refractivity contribution in [2.24, 2.45) is 5.84 Å². The van der Waals surface area contributed by atoms with Crippen molar-refractivity contribution in [3.8, 4) is 0 Å². The van der Waals surface area contributed by atoms with Crippen molar-refractivity contribution in [1.29, 1.82) is 0 Å². The topological polar surface area (TPSA) is 67.1 Å². The summed E-state index contributed by atoms with van der Waals surface area (Å²) in [6.07, 6.45) is 0.757. The van der Waals surface area contributed by atoms with Crippen LogP contribution in [0.25, 0.3) is 0 Å². The molecule has 1 aromatic heterocycles. The first-order valence-corrected chi connectivity index (χ1v) is 6.80. The summed E-state index contributed by atoms with van der Waals surface area (Å²) in [6, 6.07) is 9.61. The van der Waals surface area contributed by atoms with Crippen LogP contribution in [0.5, 0.6) is 0 Å². The quantitative estimate of drug-likeness (QED) is 0.655. The maximum absolute atomic E-state index is 6.00. The van der Waals surface area contributed by atoms with E-state index in [1.165, 1.54) is 0 Å². The van der Waals surface area contributed by atoms with Gasteiger partial charge >= 0.3 is 0 Å². The molecule has 0 aliphatic carbocycles. The number of hydrazine groups is 1. The molecule has 0 unspecified atom stereocenters. The van der Waals surface area contributed by atoms with Crippen molar-refractivity contribution >= 4 is 23.2 Å². The molecule has 6 heteroatoms. The molecule has 0 bridgehead atoms. The average Bonchev–Trinajstić information content (AvgIpc) is 2.46. The van der Waals surface area contributed by atoms with Crippen molar-refractivity contribution in [1.82, 2.24) is 9.97 Å². The fourth-order valence-corrected chi connectivity index (χ4v) is 2.11. The molecule has 0 aliphatic heterocycles. The zero-order valence-corrected chi connectivity index (χ0v) is 12.4. The van der Waals surface area contributed by atoms with E-state index in [-0.39, 0.29) is 0 Å². The lowest BCUT2D eigenvalue weighted by Gasteiger charge is -2.19. The lowest BCUT2D eigenvalue weighted by atomic mass is 10.2. The number of nitrogen functional groups attached to an aromatic ring is 1. The molecule has 0 radical (unpaired) electrons. The number of hydrogen-bond acceptors (Lipinski definition) is 5. The molecule has 106 valence electrons. The van der Waals surface area contributed by atoms with E-state index in [4.69, 9.17) is 17.4 Å². The van der Waals surface area contributed by atoms with E-state index in [2.05, 4.69) is 15.4 Å². The van der Waals surface area contributed by atoms with Gasteiger partial charge in [-0.3, -0.25) is 0 Å². The highest BCUT2D eigenvalue weighted by Crippen LogP contribution is 2.18. The fourth-order valence-electron chi connectivity index (χ4n) is 1.90.